The minimum absolute atomic E-state index is 0.146. The summed E-state index contributed by atoms with van der Waals surface area (Å²) in [6.45, 7) is 3.89. The molecule has 0 unspecified atom stereocenters. The maximum atomic E-state index is 13.5. The van der Waals surface area contributed by atoms with E-state index < -0.39 is 6.04 Å². The number of amides is 3. The number of hydrogen-bond donors (Lipinski definition) is 1. The van der Waals surface area contributed by atoms with Gasteiger partial charge in [0.15, 0.2) is 0 Å². The fourth-order valence-electron chi connectivity index (χ4n) is 4.10. The predicted octanol–water partition coefficient (Wildman–Crippen LogP) is 4.66. The van der Waals surface area contributed by atoms with Crippen LogP contribution in [-0.2, 0) is 16.1 Å². The minimum Gasteiger partial charge on any atom is -0.355 e. The van der Waals surface area contributed by atoms with E-state index >= 15 is 0 Å². The summed E-state index contributed by atoms with van der Waals surface area (Å²) in [4.78, 5) is 42.2. The number of nitrogens with zero attached hydrogens (tertiary/aromatic N) is 2. The Bertz CT molecular complexity index is 1260. The Balaban J connectivity index is 1.64. The first-order chi connectivity index (χ1) is 15.8. The largest absolute Gasteiger partial charge is 0.355 e. The molecule has 0 radical (unpaired) electrons. The van der Waals surface area contributed by atoms with Gasteiger partial charge in [-0.25, -0.2) is 0 Å². The second-order valence-electron chi connectivity index (χ2n) is 7.91. The summed E-state index contributed by atoms with van der Waals surface area (Å²) in [5.74, 6) is -0.850. The van der Waals surface area contributed by atoms with Crippen LogP contribution in [0, 0.1) is 0 Å². The standard InChI is InChI=1S/C25H23Cl2N3O3/c1-3-28-24(32)15(2)29(13-16-10-11-19(26)20(27)12-16)22(31)14-30-21-9-5-7-17-6-4-8-18(23(17)21)25(30)33/h4-12,15H,3,13-14H2,1-2H3,(H,28,32)/t15-/m1/s1. The molecule has 0 spiro atoms. The number of benzene rings is 3. The molecule has 0 aromatic heterocycles. The molecule has 8 heteroatoms. The van der Waals surface area contributed by atoms with Gasteiger partial charge >= 0.3 is 0 Å². The minimum atomic E-state index is -0.747. The van der Waals surface area contributed by atoms with Crippen molar-refractivity contribution in [1.82, 2.24) is 10.2 Å². The summed E-state index contributed by atoms with van der Waals surface area (Å²) in [5, 5.41) is 5.31. The predicted molar refractivity (Wildman–Crippen MR) is 131 cm³/mol. The molecule has 3 aromatic rings. The Labute approximate surface area is 202 Å². The van der Waals surface area contributed by atoms with Crippen molar-refractivity contribution < 1.29 is 14.4 Å². The van der Waals surface area contributed by atoms with Crippen molar-refractivity contribution in [3.05, 3.63) is 75.8 Å². The highest BCUT2D eigenvalue weighted by atomic mass is 35.5. The van der Waals surface area contributed by atoms with Crippen LogP contribution in [0.2, 0.25) is 10.0 Å². The molecule has 1 aliphatic rings. The molecule has 1 atom stereocenters. The van der Waals surface area contributed by atoms with Gasteiger partial charge in [-0.1, -0.05) is 53.5 Å². The van der Waals surface area contributed by atoms with Crippen molar-refractivity contribution in [2.75, 3.05) is 18.0 Å². The molecule has 3 aromatic carbocycles. The third kappa shape index (κ3) is 4.41. The van der Waals surface area contributed by atoms with Gasteiger partial charge in [-0.2, -0.15) is 0 Å². The molecule has 0 bridgehead atoms. The molecule has 0 saturated heterocycles. The van der Waals surface area contributed by atoms with Gasteiger partial charge in [0.25, 0.3) is 5.91 Å². The van der Waals surface area contributed by atoms with Gasteiger partial charge in [-0.15, -0.1) is 0 Å². The summed E-state index contributed by atoms with van der Waals surface area (Å²) < 4.78 is 0. The summed E-state index contributed by atoms with van der Waals surface area (Å²) >= 11 is 12.2. The smallest absolute Gasteiger partial charge is 0.259 e. The number of hydrogen-bond acceptors (Lipinski definition) is 3. The second-order valence-corrected chi connectivity index (χ2v) is 8.73. The summed E-state index contributed by atoms with van der Waals surface area (Å²) in [5.41, 5.74) is 2.00. The highest BCUT2D eigenvalue weighted by Crippen LogP contribution is 2.37. The number of carbonyl (C=O) groups excluding carboxylic acids is 3. The first-order valence-corrected chi connectivity index (χ1v) is 11.4. The number of carbonyl (C=O) groups is 3. The summed E-state index contributed by atoms with van der Waals surface area (Å²) in [7, 11) is 0. The van der Waals surface area contributed by atoms with Crippen LogP contribution in [0.25, 0.3) is 10.8 Å². The van der Waals surface area contributed by atoms with Crippen LogP contribution in [0.4, 0.5) is 5.69 Å². The summed E-state index contributed by atoms with van der Waals surface area (Å²) in [6.07, 6.45) is 0. The summed E-state index contributed by atoms with van der Waals surface area (Å²) in [6, 6.07) is 15.5. The molecule has 1 aliphatic heterocycles. The lowest BCUT2D eigenvalue weighted by molar-refractivity contribution is -0.139. The topological polar surface area (TPSA) is 69.7 Å². The Kier molecular flexibility index (Phi) is 6.58. The lowest BCUT2D eigenvalue weighted by atomic mass is 10.1. The number of nitrogens with one attached hydrogen (secondary N) is 1. The van der Waals surface area contributed by atoms with Gasteiger partial charge in [0.05, 0.1) is 15.7 Å². The van der Waals surface area contributed by atoms with Crippen molar-refractivity contribution in [1.29, 1.82) is 0 Å². The Morgan fingerprint density at radius 1 is 1.06 bits per heavy atom. The Morgan fingerprint density at radius 3 is 2.48 bits per heavy atom. The van der Waals surface area contributed by atoms with E-state index in [4.69, 9.17) is 23.2 Å². The van der Waals surface area contributed by atoms with Gasteiger partial charge < -0.3 is 10.2 Å². The first kappa shape index (κ1) is 23.1. The van der Waals surface area contributed by atoms with Crippen LogP contribution in [0.1, 0.15) is 29.8 Å². The van der Waals surface area contributed by atoms with E-state index in [0.29, 0.717) is 27.8 Å². The van der Waals surface area contributed by atoms with E-state index in [2.05, 4.69) is 5.32 Å². The van der Waals surface area contributed by atoms with Crippen molar-refractivity contribution >= 4 is 57.4 Å². The second kappa shape index (κ2) is 9.41. The number of rotatable bonds is 7. The lowest BCUT2D eigenvalue weighted by Gasteiger charge is -2.30. The van der Waals surface area contributed by atoms with Gasteiger partial charge in [0.1, 0.15) is 12.6 Å². The molecule has 170 valence electrons. The highest BCUT2D eigenvalue weighted by Gasteiger charge is 2.34. The molecule has 1 N–H and O–H groups in total. The Morgan fingerprint density at radius 2 is 1.79 bits per heavy atom. The van der Waals surface area contributed by atoms with Crippen LogP contribution in [0.15, 0.2) is 54.6 Å². The number of anilines is 1. The molecule has 6 nitrogen and oxygen atoms in total. The normalized spacial score (nSPS) is 13.3. The molecular formula is C25H23Cl2N3O3. The molecule has 1 heterocycles. The van der Waals surface area contributed by atoms with Crippen LogP contribution in [0.3, 0.4) is 0 Å². The zero-order valence-electron chi connectivity index (χ0n) is 18.3. The SMILES string of the molecule is CCNC(=O)[C@@H](C)N(Cc1ccc(Cl)c(Cl)c1)C(=O)CN1C(=O)c2cccc3cccc1c23. The van der Waals surface area contributed by atoms with Crippen LogP contribution < -0.4 is 10.2 Å². The van der Waals surface area contributed by atoms with E-state index in [0.717, 1.165) is 16.3 Å². The third-order valence-corrected chi connectivity index (χ3v) is 6.54. The number of likely N-dealkylation sites (N-methyl/N-ethyl adjacent to an activating group) is 1. The highest BCUT2D eigenvalue weighted by molar-refractivity contribution is 6.42. The molecule has 0 fully saturated rings. The van der Waals surface area contributed by atoms with E-state index in [1.54, 1.807) is 31.2 Å². The van der Waals surface area contributed by atoms with Gasteiger partial charge in [0.2, 0.25) is 11.8 Å². The van der Waals surface area contributed by atoms with Crippen LogP contribution in [0.5, 0.6) is 0 Å². The maximum absolute atomic E-state index is 13.5. The lowest BCUT2D eigenvalue weighted by Crippen LogP contribution is -2.50. The fourth-order valence-corrected chi connectivity index (χ4v) is 4.42. The van der Waals surface area contributed by atoms with Crippen molar-refractivity contribution in [3.8, 4) is 0 Å². The zero-order chi connectivity index (χ0) is 23.7. The Hall–Kier alpha value is -3.09. The average Bonchev–Trinajstić information content (AvgIpc) is 3.07. The fraction of sp³-hybridized carbons (Fsp3) is 0.240. The van der Waals surface area contributed by atoms with Crippen molar-refractivity contribution in [3.63, 3.8) is 0 Å². The maximum Gasteiger partial charge on any atom is 0.259 e. The van der Waals surface area contributed by atoms with E-state index in [9.17, 15) is 14.4 Å². The van der Waals surface area contributed by atoms with Gasteiger partial charge in [-0.3, -0.25) is 19.3 Å². The molecule has 3 amide bonds. The van der Waals surface area contributed by atoms with Gasteiger partial charge in [-0.05, 0) is 49.1 Å². The quantitative estimate of drug-likeness (QED) is 0.531. The first-order valence-electron chi connectivity index (χ1n) is 10.7. The van der Waals surface area contributed by atoms with E-state index in [1.165, 1.54) is 9.80 Å². The van der Waals surface area contributed by atoms with E-state index in [-0.39, 0.29) is 30.8 Å². The average molecular weight is 484 g/mol. The van der Waals surface area contributed by atoms with Crippen LogP contribution in [-0.4, -0.2) is 41.8 Å². The van der Waals surface area contributed by atoms with Crippen LogP contribution >= 0.6 is 23.2 Å². The van der Waals surface area contributed by atoms with Crippen molar-refractivity contribution in [2.45, 2.75) is 26.4 Å². The molecule has 0 saturated carbocycles. The molecule has 0 aliphatic carbocycles. The van der Waals surface area contributed by atoms with E-state index in [1.807, 2.05) is 37.3 Å². The van der Waals surface area contributed by atoms with Crippen molar-refractivity contribution in [2.24, 2.45) is 0 Å². The molecule has 4 rings (SSSR count). The van der Waals surface area contributed by atoms with Gasteiger partial charge in [0, 0.05) is 24.0 Å². The molecular weight excluding hydrogens is 461 g/mol. The molecule has 33 heavy (non-hydrogen) atoms. The zero-order valence-corrected chi connectivity index (χ0v) is 19.8. The number of halogens is 2. The monoisotopic (exact) mass is 483 g/mol. The third-order valence-electron chi connectivity index (χ3n) is 5.80.